The molecule has 0 saturated heterocycles. The first-order chi connectivity index (χ1) is 14.1. The number of primary sulfonamides is 1. The van der Waals surface area contributed by atoms with Crippen LogP contribution in [0.25, 0.3) is 0 Å². The first-order valence-corrected chi connectivity index (χ1v) is 10.5. The smallest absolute Gasteiger partial charge is 0.338 e. The maximum Gasteiger partial charge on any atom is 0.338 e. The number of hydrogen-bond acceptors (Lipinski definition) is 7. The molecule has 0 saturated carbocycles. The second-order valence-electron chi connectivity index (χ2n) is 6.22. The maximum atomic E-state index is 12.7. The zero-order chi connectivity index (χ0) is 22.3. The van der Waals surface area contributed by atoms with E-state index in [9.17, 15) is 22.8 Å². The summed E-state index contributed by atoms with van der Waals surface area (Å²) in [4.78, 5) is 37.8. The van der Waals surface area contributed by atoms with Crippen LogP contribution in [0.2, 0.25) is 0 Å². The number of rotatable bonds is 8. The molecule has 0 aromatic heterocycles. The predicted octanol–water partition coefficient (Wildman–Crippen LogP) is 1.40. The van der Waals surface area contributed by atoms with Gasteiger partial charge < -0.3 is 9.47 Å². The van der Waals surface area contributed by atoms with E-state index >= 15 is 0 Å². The normalized spacial score (nSPS) is 10.9. The number of amides is 1. The van der Waals surface area contributed by atoms with Crippen LogP contribution in [0.5, 0.6) is 0 Å². The Morgan fingerprint density at radius 1 is 1.03 bits per heavy atom. The second kappa shape index (κ2) is 9.99. The van der Waals surface area contributed by atoms with E-state index in [4.69, 9.17) is 14.6 Å². The molecule has 160 valence electrons. The molecule has 2 aromatic carbocycles. The molecule has 0 aliphatic rings. The summed E-state index contributed by atoms with van der Waals surface area (Å²) in [5.74, 6) is -2.16. The summed E-state index contributed by atoms with van der Waals surface area (Å²) >= 11 is 0. The average molecular weight is 434 g/mol. The van der Waals surface area contributed by atoms with E-state index < -0.39 is 34.5 Å². The minimum absolute atomic E-state index is 0.0361. The van der Waals surface area contributed by atoms with Crippen molar-refractivity contribution < 1.29 is 32.3 Å². The monoisotopic (exact) mass is 434 g/mol. The van der Waals surface area contributed by atoms with Crippen LogP contribution in [-0.4, -0.2) is 46.0 Å². The van der Waals surface area contributed by atoms with Gasteiger partial charge >= 0.3 is 11.9 Å². The molecule has 0 radical (unpaired) electrons. The molecular formula is C20H22N2O7S. The summed E-state index contributed by atoms with van der Waals surface area (Å²) in [5, 5.41) is 5.09. The number of para-hydroxylation sites is 1. The molecule has 0 bridgehead atoms. The van der Waals surface area contributed by atoms with Gasteiger partial charge in [0, 0.05) is 5.69 Å². The van der Waals surface area contributed by atoms with Crippen LogP contribution >= 0.6 is 0 Å². The average Bonchev–Trinajstić information content (AvgIpc) is 2.70. The van der Waals surface area contributed by atoms with E-state index in [1.54, 1.807) is 44.2 Å². The van der Waals surface area contributed by atoms with Crippen molar-refractivity contribution in [2.75, 3.05) is 24.7 Å². The fourth-order valence-corrected chi connectivity index (χ4v) is 3.09. The Morgan fingerprint density at radius 3 is 2.30 bits per heavy atom. The number of nitrogens with zero attached hydrogens (tertiary/aromatic N) is 1. The van der Waals surface area contributed by atoms with Crippen LogP contribution in [0.1, 0.15) is 22.8 Å². The van der Waals surface area contributed by atoms with Gasteiger partial charge in [-0.3, -0.25) is 14.5 Å². The minimum atomic E-state index is -4.01. The lowest BCUT2D eigenvalue weighted by atomic mass is 10.1. The summed E-state index contributed by atoms with van der Waals surface area (Å²) in [6.45, 7) is 2.37. The highest BCUT2D eigenvalue weighted by atomic mass is 32.2. The number of hydrogen-bond donors (Lipinski definition) is 1. The third-order valence-corrected chi connectivity index (χ3v) is 4.96. The molecule has 10 heteroatoms. The van der Waals surface area contributed by atoms with Crippen molar-refractivity contribution in [3.8, 4) is 0 Å². The first kappa shape index (κ1) is 23.0. The van der Waals surface area contributed by atoms with E-state index in [2.05, 4.69) is 0 Å². The second-order valence-corrected chi connectivity index (χ2v) is 7.78. The van der Waals surface area contributed by atoms with Crippen LogP contribution in [-0.2, 0) is 29.1 Å². The molecule has 2 aromatic rings. The maximum absolute atomic E-state index is 12.7. The molecule has 0 aliphatic carbocycles. The first-order valence-electron chi connectivity index (χ1n) is 8.95. The lowest BCUT2D eigenvalue weighted by molar-refractivity contribution is -0.142. The van der Waals surface area contributed by atoms with Crippen molar-refractivity contribution in [1.29, 1.82) is 0 Å². The van der Waals surface area contributed by atoms with Crippen LogP contribution in [0.3, 0.4) is 0 Å². The molecule has 0 spiro atoms. The van der Waals surface area contributed by atoms with Crippen molar-refractivity contribution in [3.63, 3.8) is 0 Å². The number of carbonyl (C=O) groups excluding carboxylic acids is 3. The highest BCUT2D eigenvalue weighted by Gasteiger charge is 2.22. The summed E-state index contributed by atoms with van der Waals surface area (Å²) in [7, 11) is -4.01. The quantitative estimate of drug-likeness (QED) is 0.621. The molecule has 0 heterocycles. The SMILES string of the molecule is CCOC(=O)CN(C(=O)COC(=O)c1cc(S(N)(=O)=O)ccc1C)c1ccccc1. The highest BCUT2D eigenvalue weighted by molar-refractivity contribution is 7.89. The van der Waals surface area contributed by atoms with Gasteiger partial charge in [-0.25, -0.2) is 18.4 Å². The Labute approximate surface area is 174 Å². The molecule has 0 atom stereocenters. The molecule has 30 heavy (non-hydrogen) atoms. The van der Waals surface area contributed by atoms with Crippen LogP contribution in [0.15, 0.2) is 53.4 Å². The number of nitrogens with two attached hydrogens (primary N) is 1. The van der Waals surface area contributed by atoms with Crippen molar-refractivity contribution >= 4 is 33.6 Å². The van der Waals surface area contributed by atoms with Gasteiger partial charge in [-0.05, 0) is 43.7 Å². The van der Waals surface area contributed by atoms with Gasteiger partial charge in [0.15, 0.2) is 6.61 Å². The summed E-state index contributed by atoms with van der Waals surface area (Å²) in [6, 6.07) is 12.1. The Kier molecular flexibility index (Phi) is 7.67. The zero-order valence-corrected chi connectivity index (χ0v) is 17.3. The zero-order valence-electron chi connectivity index (χ0n) is 16.5. The van der Waals surface area contributed by atoms with Crippen LogP contribution in [0, 0.1) is 6.92 Å². The summed E-state index contributed by atoms with van der Waals surface area (Å²) in [6.07, 6.45) is 0. The Bertz CT molecular complexity index is 1040. The van der Waals surface area contributed by atoms with Crippen LogP contribution < -0.4 is 10.0 Å². The Balaban J connectivity index is 2.16. The number of sulfonamides is 1. The fourth-order valence-electron chi connectivity index (χ4n) is 2.55. The number of ether oxygens (including phenoxy) is 2. The van der Waals surface area contributed by atoms with Crippen molar-refractivity contribution in [3.05, 3.63) is 59.7 Å². The van der Waals surface area contributed by atoms with E-state index in [1.165, 1.54) is 12.1 Å². The third-order valence-electron chi connectivity index (χ3n) is 4.05. The minimum Gasteiger partial charge on any atom is -0.465 e. The van der Waals surface area contributed by atoms with E-state index in [1.807, 2.05) is 0 Å². The number of carbonyl (C=O) groups is 3. The van der Waals surface area contributed by atoms with Gasteiger partial charge in [-0.15, -0.1) is 0 Å². The van der Waals surface area contributed by atoms with Crippen molar-refractivity contribution in [2.45, 2.75) is 18.7 Å². The number of esters is 2. The van der Waals surface area contributed by atoms with Crippen molar-refractivity contribution in [1.82, 2.24) is 0 Å². The van der Waals surface area contributed by atoms with Crippen molar-refractivity contribution in [2.24, 2.45) is 5.14 Å². The largest absolute Gasteiger partial charge is 0.465 e. The van der Waals surface area contributed by atoms with Gasteiger partial charge in [-0.1, -0.05) is 24.3 Å². The standard InChI is InChI=1S/C20H22N2O7S/c1-3-28-19(24)12-22(15-7-5-4-6-8-15)18(23)13-29-20(25)17-11-16(30(21,26)27)10-9-14(17)2/h4-11H,3,12-13H2,1-2H3,(H2,21,26,27). The lowest BCUT2D eigenvalue weighted by Crippen LogP contribution is -2.39. The third kappa shape index (κ3) is 6.13. The Morgan fingerprint density at radius 2 is 1.70 bits per heavy atom. The van der Waals surface area contributed by atoms with Gasteiger partial charge in [0.2, 0.25) is 10.0 Å². The summed E-state index contributed by atoms with van der Waals surface area (Å²) in [5.41, 5.74) is 0.844. The van der Waals surface area contributed by atoms with E-state index in [0.717, 1.165) is 11.0 Å². The molecule has 2 rings (SSSR count). The Hall–Kier alpha value is -3.24. The number of anilines is 1. The predicted molar refractivity (Wildman–Crippen MR) is 108 cm³/mol. The van der Waals surface area contributed by atoms with Gasteiger partial charge in [0.25, 0.3) is 5.91 Å². The van der Waals surface area contributed by atoms with Crippen LogP contribution in [0.4, 0.5) is 5.69 Å². The van der Waals surface area contributed by atoms with Gasteiger partial charge in [0.05, 0.1) is 17.1 Å². The van der Waals surface area contributed by atoms with Gasteiger partial charge in [-0.2, -0.15) is 0 Å². The van der Waals surface area contributed by atoms with E-state index in [0.29, 0.717) is 11.3 Å². The van der Waals surface area contributed by atoms with E-state index in [-0.39, 0.29) is 23.6 Å². The topological polar surface area (TPSA) is 133 Å². The molecule has 0 unspecified atom stereocenters. The molecular weight excluding hydrogens is 412 g/mol. The molecule has 9 nitrogen and oxygen atoms in total. The fraction of sp³-hybridized carbons (Fsp3) is 0.250. The number of benzene rings is 2. The summed E-state index contributed by atoms with van der Waals surface area (Å²) < 4.78 is 33.0. The highest BCUT2D eigenvalue weighted by Crippen LogP contribution is 2.17. The molecule has 1 amide bonds. The lowest BCUT2D eigenvalue weighted by Gasteiger charge is -2.21. The molecule has 2 N–H and O–H groups in total. The van der Waals surface area contributed by atoms with Gasteiger partial charge in [0.1, 0.15) is 6.54 Å². The number of aryl methyl sites for hydroxylation is 1. The molecule has 0 aliphatic heterocycles. The molecule has 0 fully saturated rings.